The number of benzene rings is 1. The molecule has 3 nitrogen and oxygen atoms in total. The summed E-state index contributed by atoms with van der Waals surface area (Å²) in [5.74, 6) is -0.0415. The highest BCUT2D eigenvalue weighted by Gasteiger charge is 2.26. The van der Waals surface area contributed by atoms with E-state index in [4.69, 9.17) is 0 Å². The van der Waals surface area contributed by atoms with Gasteiger partial charge in [-0.3, -0.25) is 0 Å². The van der Waals surface area contributed by atoms with Crippen LogP contribution in [0.5, 0.6) is 11.5 Å². The lowest BCUT2D eigenvalue weighted by atomic mass is 9.75. The zero-order valence-corrected chi connectivity index (χ0v) is 11.2. The molecule has 1 aliphatic carbocycles. The van der Waals surface area contributed by atoms with Crippen molar-refractivity contribution in [1.82, 2.24) is 5.32 Å². The van der Waals surface area contributed by atoms with Gasteiger partial charge < -0.3 is 15.5 Å². The Morgan fingerprint density at radius 1 is 1.22 bits per heavy atom. The molecule has 1 aliphatic rings. The molecule has 0 spiro atoms. The zero-order valence-electron chi connectivity index (χ0n) is 11.2. The van der Waals surface area contributed by atoms with Gasteiger partial charge in [-0.2, -0.15) is 0 Å². The normalized spacial score (nSPS) is 19.9. The van der Waals surface area contributed by atoms with Crippen molar-refractivity contribution in [2.24, 2.45) is 5.41 Å². The van der Waals surface area contributed by atoms with E-state index in [0.717, 1.165) is 5.56 Å². The van der Waals surface area contributed by atoms with E-state index in [1.165, 1.54) is 31.7 Å². The van der Waals surface area contributed by atoms with Crippen LogP contribution < -0.4 is 5.32 Å². The van der Waals surface area contributed by atoms with E-state index in [-0.39, 0.29) is 11.5 Å². The van der Waals surface area contributed by atoms with Crippen molar-refractivity contribution in [3.05, 3.63) is 23.8 Å². The van der Waals surface area contributed by atoms with Crippen LogP contribution in [0.4, 0.5) is 0 Å². The van der Waals surface area contributed by atoms with Gasteiger partial charge in [0.05, 0.1) is 0 Å². The predicted molar refractivity (Wildman–Crippen MR) is 72.6 cm³/mol. The molecule has 0 amide bonds. The Kier molecular flexibility index (Phi) is 3.81. The lowest BCUT2D eigenvalue weighted by molar-refractivity contribution is 0.205. The van der Waals surface area contributed by atoms with Crippen molar-refractivity contribution < 1.29 is 10.2 Å². The third-order valence-electron chi connectivity index (χ3n) is 4.02. The summed E-state index contributed by atoms with van der Waals surface area (Å²) in [5.41, 5.74) is 1.24. The molecule has 1 fully saturated rings. The minimum absolute atomic E-state index is 0.00105. The molecule has 3 heteroatoms. The Balaban J connectivity index is 1.87. The number of para-hydroxylation sites is 1. The molecule has 0 aromatic heterocycles. The Morgan fingerprint density at radius 2 is 1.89 bits per heavy atom. The summed E-state index contributed by atoms with van der Waals surface area (Å²) in [6.45, 7) is 5.26. The van der Waals surface area contributed by atoms with Crippen molar-refractivity contribution in [1.29, 1.82) is 0 Å². The molecule has 0 radical (unpaired) electrons. The molecule has 1 aromatic rings. The van der Waals surface area contributed by atoms with Gasteiger partial charge in [0.1, 0.15) is 0 Å². The molecule has 0 atom stereocenters. The summed E-state index contributed by atoms with van der Waals surface area (Å²) in [6, 6.07) is 5.63. The molecule has 1 aromatic carbocycles. The van der Waals surface area contributed by atoms with E-state index in [1.54, 1.807) is 6.07 Å². The Bertz CT molecular complexity index is 405. The monoisotopic (exact) mass is 249 g/mol. The second-order valence-corrected chi connectivity index (χ2v) is 6.10. The molecular formula is C15H23NO2. The average Bonchev–Trinajstić information content (AvgIpc) is 2.33. The van der Waals surface area contributed by atoms with Gasteiger partial charge in [-0.15, -0.1) is 0 Å². The molecular weight excluding hydrogens is 226 g/mol. The molecule has 0 unspecified atom stereocenters. The second-order valence-electron chi connectivity index (χ2n) is 6.10. The van der Waals surface area contributed by atoms with E-state index in [0.29, 0.717) is 18.0 Å². The third-order valence-corrected chi connectivity index (χ3v) is 4.02. The van der Waals surface area contributed by atoms with Crippen LogP contribution in [-0.2, 0) is 6.54 Å². The summed E-state index contributed by atoms with van der Waals surface area (Å²) >= 11 is 0. The van der Waals surface area contributed by atoms with Gasteiger partial charge in [0.15, 0.2) is 11.5 Å². The number of hydrogen-bond donors (Lipinski definition) is 3. The molecule has 18 heavy (non-hydrogen) atoms. The predicted octanol–water partition coefficient (Wildman–Crippen LogP) is 3.16. The lowest BCUT2D eigenvalue weighted by Gasteiger charge is -2.34. The number of phenolic OH excluding ortho intramolecular Hbond substituents is 2. The van der Waals surface area contributed by atoms with Crippen LogP contribution in [0, 0.1) is 5.41 Å². The first-order chi connectivity index (χ1) is 8.48. The number of aromatic hydroxyl groups is 2. The maximum absolute atomic E-state index is 9.72. The molecule has 100 valence electrons. The van der Waals surface area contributed by atoms with Crippen molar-refractivity contribution in [3.63, 3.8) is 0 Å². The quantitative estimate of drug-likeness (QED) is 0.721. The first-order valence-electron chi connectivity index (χ1n) is 6.71. The van der Waals surface area contributed by atoms with Crippen LogP contribution >= 0.6 is 0 Å². The van der Waals surface area contributed by atoms with Gasteiger partial charge in [0.25, 0.3) is 0 Å². The average molecular weight is 249 g/mol. The van der Waals surface area contributed by atoms with Crippen LogP contribution in [0.2, 0.25) is 0 Å². The molecule has 0 aliphatic heterocycles. The van der Waals surface area contributed by atoms with E-state index in [9.17, 15) is 10.2 Å². The second kappa shape index (κ2) is 5.19. The highest BCUT2D eigenvalue weighted by molar-refractivity contribution is 5.44. The summed E-state index contributed by atoms with van der Waals surface area (Å²) < 4.78 is 0. The molecule has 0 saturated heterocycles. The topological polar surface area (TPSA) is 52.5 Å². The van der Waals surface area contributed by atoms with Crippen LogP contribution in [0.1, 0.15) is 45.1 Å². The van der Waals surface area contributed by atoms with Crippen molar-refractivity contribution in [2.45, 2.75) is 52.1 Å². The van der Waals surface area contributed by atoms with Gasteiger partial charge in [0, 0.05) is 18.2 Å². The number of phenols is 2. The highest BCUT2D eigenvalue weighted by Crippen LogP contribution is 2.35. The van der Waals surface area contributed by atoms with Crippen LogP contribution in [0.15, 0.2) is 18.2 Å². The standard InChI is InChI=1S/C15H23NO2/c1-15(2)8-6-12(7-9-15)16-10-11-4-3-5-13(17)14(11)18/h3-5,12,16-18H,6-10H2,1-2H3. The Morgan fingerprint density at radius 3 is 2.56 bits per heavy atom. The zero-order chi connectivity index (χ0) is 13.2. The van der Waals surface area contributed by atoms with Crippen LogP contribution in [-0.4, -0.2) is 16.3 Å². The number of hydrogen-bond acceptors (Lipinski definition) is 3. The minimum atomic E-state index is -0.0425. The molecule has 0 heterocycles. The first kappa shape index (κ1) is 13.2. The first-order valence-corrected chi connectivity index (χ1v) is 6.71. The Hall–Kier alpha value is -1.22. The van der Waals surface area contributed by atoms with Crippen molar-refractivity contribution >= 4 is 0 Å². The van der Waals surface area contributed by atoms with Gasteiger partial charge >= 0.3 is 0 Å². The largest absolute Gasteiger partial charge is 0.504 e. The van der Waals surface area contributed by atoms with E-state index in [2.05, 4.69) is 19.2 Å². The smallest absolute Gasteiger partial charge is 0.161 e. The summed E-state index contributed by atoms with van der Waals surface area (Å²) in [5, 5.41) is 22.6. The third kappa shape index (κ3) is 3.16. The van der Waals surface area contributed by atoms with E-state index >= 15 is 0 Å². The molecule has 1 saturated carbocycles. The highest BCUT2D eigenvalue weighted by atomic mass is 16.3. The fraction of sp³-hybridized carbons (Fsp3) is 0.600. The number of rotatable bonds is 3. The lowest BCUT2D eigenvalue weighted by Crippen LogP contribution is -2.35. The van der Waals surface area contributed by atoms with Crippen molar-refractivity contribution in [3.8, 4) is 11.5 Å². The fourth-order valence-corrected chi connectivity index (χ4v) is 2.58. The maximum atomic E-state index is 9.72. The van der Waals surface area contributed by atoms with Gasteiger partial charge in [-0.05, 0) is 37.2 Å². The summed E-state index contributed by atoms with van der Waals surface area (Å²) in [6.07, 6.45) is 4.87. The SMILES string of the molecule is CC1(C)CCC(NCc2cccc(O)c2O)CC1. The minimum Gasteiger partial charge on any atom is -0.504 e. The number of nitrogens with one attached hydrogen (secondary N) is 1. The summed E-state index contributed by atoms with van der Waals surface area (Å²) in [4.78, 5) is 0. The Labute approximate surface area is 109 Å². The molecule has 3 N–H and O–H groups in total. The van der Waals surface area contributed by atoms with Gasteiger partial charge in [-0.1, -0.05) is 26.0 Å². The molecule has 2 rings (SSSR count). The fourth-order valence-electron chi connectivity index (χ4n) is 2.58. The van der Waals surface area contributed by atoms with Crippen molar-refractivity contribution in [2.75, 3.05) is 0 Å². The van der Waals surface area contributed by atoms with Gasteiger partial charge in [-0.25, -0.2) is 0 Å². The van der Waals surface area contributed by atoms with Crippen LogP contribution in [0.3, 0.4) is 0 Å². The van der Waals surface area contributed by atoms with E-state index in [1.807, 2.05) is 6.07 Å². The van der Waals surface area contributed by atoms with Gasteiger partial charge in [0.2, 0.25) is 0 Å². The van der Waals surface area contributed by atoms with E-state index < -0.39 is 0 Å². The summed E-state index contributed by atoms with van der Waals surface area (Å²) in [7, 11) is 0. The maximum Gasteiger partial charge on any atom is 0.161 e. The van der Waals surface area contributed by atoms with Crippen LogP contribution in [0.25, 0.3) is 0 Å². The molecule has 0 bridgehead atoms.